The van der Waals surface area contributed by atoms with Gasteiger partial charge in [0.2, 0.25) is 12.2 Å². The van der Waals surface area contributed by atoms with Crippen LogP contribution in [0.1, 0.15) is 18.2 Å². The lowest BCUT2D eigenvalue weighted by Crippen LogP contribution is -2.59. The van der Waals surface area contributed by atoms with E-state index >= 15 is 0 Å². The monoisotopic (exact) mass is 500 g/mol. The summed E-state index contributed by atoms with van der Waals surface area (Å²) in [7, 11) is 0. The maximum Gasteiger partial charge on any atom is 0.231 e. The van der Waals surface area contributed by atoms with Gasteiger partial charge in [0, 0.05) is 6.07 Å². The van der Waals surface area contributed by atoms with E-state index in [-0.39, 0.29) is 18.8 Å². The van der Waals surface area contributed by atoms with Gasteiger partial charge in [-0.25, -0.2) is 0 Å². The van der Waals surface area contributed by atoms with Crippen molar-refractivity contribution in [1.82, 2.24) is 0 Å². The molecular weight excluding hydrogens is 472 g/mol. The number of aliphatic hydroxyl groups excluding tert-OH is 4. The first-order valence-corrected chi connectivity index (χ1v) is 11.8. The van der Waals surface area contributed by atoms with Crippen LogP contribution in [0.3, 0.4) is 0 Å². The maximum atomic E-state index is 13.5. The highest BCUT2D eigenvalue weighted by molar-refractivity contribution is 5.85. The highest BCUT2D eigenvalue weighted by Crippen LogP contribution is 2.37. The summed E-state index contributed by atoms with van der Waals surface area (Å²) in [6.07, 6.45) is -5.78. The molecule has 0 aliphatic carbocycles. The van der Waals surface area contributed by atoms with Gasteiger partial charge in [0.05, 0.1) is 17.6 Å². The van der Waals surface area contributed by atoms with E-state index in [1.54, 1.807) is 37.3 Å². The van der Waals surface area contributed by atoms with Crippen LogP contribution in [0.25, 0.3) is 22.1 Å². The molecule has 3 aromatic rings. The zero-order valence-electron chi connectivity index (χ0n) is 19.8. The van der Waals surface area contributed by atoms with Crippen LogP contribution in [0.5, 0.6) is 17.2 Å². The van der Waals surface area contributed by atoms with Gasteiger partial charge in [-0.1, -0.05) is 13.0 Å². The topological polar surface area (TPSA) is 148 Å². The number of aliphatic hydroxyl groups is 4. The summed E-state index contributed by atoms with van der Waals surface area (Å²) in [5.41, 5.74) is 1.97. The SMILES string of the molecule is CCc1cc2c(=O)c(-c3ccc4c(c3)OCO4)c(C)oc2cc1OCC1OC(CO)C(O)C(O)C1O. The molecule has 0 amide bonds. The highest BCUT2D eigenvalue weighted by Gasteiger charge is 2.43. The molecule has 2 aliphatic rings. The van der Waals surface area contributed by atoms with Crippen LogP contribution in [0.4, 0.5) is 0 Å². The third-order valence-corrected chi connectivity index (χ3v) is 6.69. The van der Waals surface area contributed by atoms with Gasteiger partial charge in [-0.3, -0.25) is 4.79 Å². The zero-order valence-corrected chi connectivity index (χ0v) is 19.8. The Bertz CT molecular complexity index is 1330. The van der Waals surface area contributed by atoms with E-state index in [0.717, 1.165) is 5.56 Å². The third-order valence-electron chi connectivity index (χ3n) is 6.69. The van der Waals surface area contributed by atoms with Crippen LogP contribution in [-0.2, 0) is 11.2 Å². The minimum atomic E-state index is -1.48. The number of hydrogen-bond donors (Lipinski definition) is 4. The Balaban J connectivity index is 1.46. The molecule has 1 fully saturated rings. The van der Waals surface area contributed by atoms with Gasteiger partial charge >= 0.3 is 0 Å². The van der Waals surface area contributed by atoms with E-state index in [9.17, 15) is 25.2 Å². The first-order valence-electron chi connectivity index (χ1n) is 11.8. The Hall–Kier alpha value is -3.15. The largest absolute Gasteiger partial charge is 0.490 e. The molecule has 5 rings (SSSR count). The van der Waals surface area contributed by atoms with Gasteiger partial charge in [0.1, 0.15) is 54.2 Å². The molecule has 1 saturated heterocycles. The zero-order chi connectivity index (χ0) is 25.6. The normalized spacial score (nSPS) is 25.3. The van der Waals surface area contributed by atoms with Crippen molar-refractivity contribution in [2.45, 2.75) is 50.8 Å². The maximum absolute atomic E-state index is 13.5. The van der Waals surface area contributed by atoms with Crippen LogP contribution in [-0.4, -0.2) is 71.0 Å². The van der Waals surface area contributed by atoms with Gasteiger partial charge < -0.3 is 43.8 Å². The second kappa shape index (κ2) is 9.72. The quantitative estimate of drug-likeness (QED) is 0.390. The average molecular weight is 501 g/mol. The van der Waals surface area contributed by atoms with Gasteiger partial charge in [-0.15, -0.1) is 0 Å². The summed E-state index contributed by atoms with van der Waals surface area (Å²) in [5.74, 6) is 2.05. The fourth-order valence-electron chi connectivity index (χ4n) is 4.66. The van der Waals surface area contributed by atoms with Crippen molar-refractivity contribution in [3.63, 3.8) is 0 Å². The van der Waals surface area contributed by atoms with Crippen molar-refractivity contribution in [2.24, 2.45) is 0 Å². The summed E-state index contributed by atoms with van der Waals surface area (Å²) >= 11 is 0. The Morgan fingerprint density at radius 1 is 1.00 bits per heavy atom. The molecule has 1 aromatic heterocycles. The molecule has 3 heterocycles. The fourth-order valence-corrected chi connectivity index (χ4v) is 4.66. The number of benzene rings is 2. The lowest BCUT2D eigenvalue weighted by atomic mass is 9.95. The molecule has 10 heteroatoms. The van der Waals surface area contributed by atoms with Gasteiger partial charge in [0.15, 0.2) is 11.5 Å². The molecule has 10 nitrogen and oxygen atoms in total. The minimum absolute atomic E-state index is 0.135. The number of fused-ring (bicyclic) bond motifs is 2. The van der Waals surface area contributed by atoms with Crippen LogP contribution in [0.2, 0.25) is 0 Å². The van der Waals surface area contributed by atoms with Gasteiger partial charge in [-0.2, -0.15) is 0 Å². The van der Waals surface area contributed by atoms with Crippen molar-refractivity contribution in [1.29, 1.82) is 0 Å². The molecule has 5 atom stereocenters. The van der Waals surface area contributed by atoms with Crippen LogP contribution < -0.4 is 19.6 Å². The first-order chi connectivity index (χ1) is 17.3. The smallest absolute Gasteiger partial charge is 0.231 e. The van der Waals surface area contributed by atoms with E-state index < -0.39 is 37.1 Å². The third kappa shape index (κ3) is 4.21. The van der Waals surface area contributed by atoms with E-state index in [2.05, 4.69) is 0 Å². The number of ether oxygens (including phenoxy) is 4. The standard InChI is InChI=1S/C26H28O10/c1-3-13-6-15-18(8-17(13)32-10-21-25(30)26(31)24(29)20(9-27)36-21)35-12(2)22(23(15)28)14-4-5-16-19(7-14)34-11-33-16/h4-8,20-21,24-27,29-31H,3,9-11H2,1-2H3. The molecule has 5 unspecified atom stereocenters. The molecule has 2 aliphatic heterocycles. The van der Waals surface area contributed by atoms with Crippen LogP contribution >= 0.6 is 0 Å². The average Bonchev–Trinajstić information content (AvgIpc) is 3.34. The summed E-state index contributed by atoms with van der Waals surface area (Å²) in [5, 5.41) is 40.1. The van der Waals surface area contributed by atoms with Crippen LogP contribution in [0, 0.1) is 6.92 Å². The van der Waals surface area contributed by atoms with E-state index in [4.69, 9.17) is 23.4 Å². The van der Waals surface area contributed by atoms with E-state index in [1.165, 1.54) is 0 Å². The van der Waals surface area contributed by atoms with Crippen molar-refractivity contribution in [2.75, 3.05) is 20.0 Å². The summed E-state index contributed by atoms with van der Waals surface area (Å²) in [6, 6.07) is 8.65. The first kappa shape index (κ1) is 24.5. The van der Waals surface area contributed by atoms with Crippen molar-refractivity contribution < 1.29 is 43.8 Å². The van der Waals surface area contributed by atoms with Gasteiger partial charge in [-0.05, 0) is 42.7 Å². The lowest BCUT2D eigenvalue weighted by Gasteiger charge is -2.39. The Kier molecular flexibility index (Phi) is 6.62. The number of rotatable bonds is 6. The Labute approximate surface area is 206 Å². The Morgan fingerprint density at radius 2 is 1.75 bits per heavy atom. The predicted molar refractivity (Wildman–Crippen MR) is 127 cm³/mol. The molecule has 4 N–H and O–H groups in total. The van der Waals surface area contributed by atoms with Crippen molar-refractivity contribution in [3.05, 3.63) is 51.9 Å². The predicted octanol–water partition coefficient (Wildman–Crippen LogP) is 1.28. The highest BCUT2D eigenvalue weighted by atomic mass is 16.7. The molecule has 192 valence electrons. The molecular formula is C26H28O10. The summed E-state index contributed by atoms with van der Waals surface area (Å²) in [4.78, 5) is 13.5. The summed E-state index contributed by atoms with van der Waals surface area (Å²) < 4.78 is 28.3. The second-order valence-electron chi connectivity index (χ2n) is 8.92. The van der Waals surface area contributed by atoms with Crippen molar-refractivity contribution in [3.8, 4) is 28.4 Å². The van der Waals surface area contributed by atoms with E-state index in [0.29, 0.717) is 51.5 Å². The fraction of sp³-hybridized carbons (Fsp3) is 0.423. The molecule has 0 radical (unpaired) electrons. The van der Waals surface area contributed by atoms with Crippen LogP contribution in [0.15, 0.2) is 39.5 Å². The number of hydrogen-bond acceptors (Lipinski definition) is 10. The van der Waals surface area contributed by atoms with Gasteiger partial charge in [0.25, 0.3) is 0 Å². The minimum Gasteiger partial charge on any atom is -0.490 e. The molecule has 2 aromatic carbocycles. The molecule has 0 saturated carbocycles. The summed E-state index contributed by atoms with van der Waals surface area (Å²) in [6.45, 7) is 3.08. The Morgan fingerprint density at radius 3 is 2.50 bits per heavy atom. The second-order valence-corrected chi connectivity index (χ2v) is 8.92. The molecule has 36 heavy (non-hydrogen) atoms. The van der Waals surface area contributed by atoms with Crippen molar-refractivity contribution >= 4 is 11.0 Å². The number of aryl methyl sites for hydroxylation is 2. The molecule has 0 bridgehead atoms. The van der Waals surface area contributed by atoms with E-state index in [1.807, 2.05) is 6.92 Å². The lowest BCUT2D eigenvalue weighted by molar-refractivity contribution is -0.234. The molecule has 0 spiro atoms.